The molecule has 0 aliphatic carbocycles. The highest BCUT2D eigenvalue weighted by Gasteiger charge is 2.15. The molecule has 88 valence electrons. The van der Waals surface area contributed by atoms with Crippen molar-refractivity contribution in [2.45, 2.75) is 6.92 Å². The number of hydrogen-bond donors (Lipinski definition) is 1. The topological polar surface area (TPSA) is 74.3 Å². The van der Waals surface area contributed by atoms with Crippen molar-refractivity contribution < 1.29 is 14.3 Å². The molecule has 0 radical (unpaired) electrons. The lowest BCUT2D eigenvalue weighted by Crippen LogP contribution is -2.10. The minimum Gasteiger partial charge on any atom is -0.497 e. The van der Waals surface area contributed by atoms with E-state index >= 15 is 0 Å². The summed E-state index contributed by atoms with van der Waals surface area (Å²) in [6.45, 7) is 1.43. The number of benzene rings is 1. The maximum atomic E-state index is 11.4. The Labute approximate surface area is 97.8 Å². The molecule has 0 aliphatic heterocycles. The Hall–Kier alpha value is -2.30. The zero-order chi connectivity index (χ0) is 12.6. The van der Waals surface area contributed by atoms with E-state index in [0.717, 1.165) is 0 Å². The van der Waals surface area contributed by atoms with E-state index in [-0.39, 0.29) is 5.91 Å². The van der Waals surface area contributed by atoms with E-state index in [1.54, 1.807) is 18.2 Å². The van der Waals surface area contributed by atoms with Crippen LogP contribution in [0.2, 0.25) is 0 Å². The Kier molecular flexibility index (Phi) is 2.59. The van der Waals surface area contributed by atoms with Crippen LogP contribution in [0.5, 0.6) is 5.75 Å². The van der Waals surface area contributed by atoms with Gasteiger partial charge in [-0.15, -0.1) is 0 Å². The van der Waals surface area contributed by atoms with Gasteiger partial charge in [-0.05, 0) is 18.2 Å². The molecule has 5 nitrogen and oxygen atoms in total. The minimum absolute atomic E-state index is 0.173. The predicted molar refractivity (Wildman–Crippen MR) is 63.3 cm³/mol. The maximum absolute atomic E-state index is 11.4. The van der Waals surface area contributed by atoms with Gasteiger partial charge < -0.3 is 10.5 Å². The lowest BCUT2D eigenvalue weighted by Gasteiger charge is -2.01. The second-order valence-corrected chi connectivity index (χ2v) is 3.68. The highest BCUT2D eigenvalue weighted by molar-refractivity contribution is 6.08. The Balaban J connectivity index is 2.81. The molecule has 17 heavy (non-hydrogen) atoms. The van der Waals surface area contributed by atoms with E-state index in [2.05, 4.69) is 0 Å². The monoisotopic (exact) mass is 232 g/mol. The van der Waals surface area contributed by atoms with Gasteiger partial charge in [0.05, 0.1) is 18.2 Å². The number of aromatic nitrogens is 1. The highest BCUT2D eigenvalue weighted by atomic mass is 16.5. The number of carbonyl (C=O) groups is 2. The summed E-state index contributed by atoms with van der Waals surface area (Å²) in [4.78, 5) is 22.7. The van der Waals surface area contributed by atoms with Gasteiger partial charge in [-0.2, -0.15) is 0 Å². The summed E-state index contributed by atoms with van der Waals surface area (Å²) < 4.78 is 6.48. The summed E-state index contributed by atoms with van der Waals surface area (Å²) in [7, 11) is 1.53. The van der Waals surface area contributed by atoms with Crippen molar-refractivity contribution in [2.24, 2.45) is 5.73 Å². The van der Waals surface area contributed by atoms with E-state index < -0.39 is 5.91 Å². The van der Waals surface area contributed by atoms with Crippen molar-refractivity contribution in [1.82, 2.24) is 4.57 Å². The van der Waals surface area contributed by atoms with Gasteiger partial charge >= 0.3 is 0 Å². The van der Waals surface area contributed by atoms with Gasteiger partial charge in [-0.1, -0.05) is 0 Å². The number of ether oxygens (including phenoxy) is 1. The molecule has 0 atom stereocenters. The highest BCUT2D eigenvalue weighted by Crippen LogP contribution is 2.25. The first-order chi connectivity index (χ1) is 8.04. The number of rotatable bonds is 2. The third kappa shape index (κ3) is 1.75. The van der Waals surface area contributed by atoms with E-state index in [9.17, 15) is 9.59 Å². The van der Waals surface area contributed by atoms with Gasteiger partial charge in [0, 0.05) is 18.5 Å². The van der Waals surface area contributed by atoms with Gasteiger partial charge in [0.2, 0.25) is 5.91 Å². The molecule has 0 bridgehead atoms. The van der Waals surface area contributed by atoms with Crippen LogP contribution in [-0.4, -0.2) is 23.5 Å². The third-order valence-electron chi connectivity index (χ3n) is 2.62. The van der Waals surface area contributed by atoms with Crippen LogP contribution in [0.15, 0.2) is 24.4 Å². The zero-order valence-corrected chi connectivity index (χ0v) is 9.56. The molecule has 2 rings (SSSR count). The number of primary amides is 1. The smallest absolute Gasteiger partial charge is 0.250 e. The molecule has 0 fully saturated rings. The molecule has 2 aromatic rings. The summed E-state index contributed by atoms with van der Waals surface area (Å²) >= 11 is 0. The van der Waals surface area contributed by atoms with Gasteiger partial charge in [-0.3, -0.25) is 14.2 Å². The lowest BCUT2D eigenvalue weighted by molar-refractivity contribution is 0.0941. The van der Waals surface area contributed by atoms with Crippen LogP contribution in [0.1, 0.15) is 22.1 Å². The van der Waals surface area contributed by atoms with Crippen molar-refractivity contribution in [3.8, 4) is 5.75 Å². The van der Waals surface area contributed by atoms with Crippen LogP contribution in [0.4, 0.5) is 0 Å². The predicted octanol–water partition coefficient (Wildman–Crippen LogP) is 1.41. The average Bonchev–Trinajstić information content (AvgIpc) is 2.67. The largest absolute Gasteiger partial charge is 0.497 e. The minimum atomic E-state index is -0.566. The van der Waals surface area contributed by atoms with Crippen LogP contribution in [-0.2, 0) is 0 Å². The van der Waals surface area contributed by atoms with Crippen LogP contribution < -0.4 is 10.5 Å². The second kappa shape index (κ2) is 3.93. The number of methoxy groups -OCH3 is 1. The molecular formula is C12H12N2O3. The number of carbonyl (C=O) groups excluding carboxylic acids is 2. The van der Waals surface area contributed by atoms with Crippen molar-refractivity contribution >= 4 is 22.7 Å². The Morgan fingerprint density at radius 3 is 2.59 bits per heavy atom. The lowest BCUT2D eigenvalue weighted by atomic mass is 10.1. The number of fused-ring (bicyclic) bond motifs is 1. The van der Waals surface area contributed by atoms with Crippen LogP contribution in [0, 0.1) is 0 Å². The summed E-state index contributed by atoms with van der Waals surface area (Å²) in [6, 6.07) is 5.14. The van der Waals surface area contributed by atoms with Gasteiger partial charge in [-0.25, -0.2) is 0 Å². The third-order valence-corrected chi connectivity index (χ3v) is 2.62. The quantitative estimate of drug-likeness (QED) is 0.850. The fourth-order valence-electron chi connectivity index (χ4n) is 1.79. The molecular weight excluding hydrogens is 220 g/mol. The molecule has 1 aromatic heterocycles. The number of nitrogens with two attached hydrogens (primary N) is 1. The molecule has 0 aliphatic rings. The molecule has 1 aromatic carbocycles. The van der Waals surface area contributed by atoms with Crippen LogP contribution >= 0.6 is 0 Å². The van der Waals surface area contributed by atoms with E-state index in [0.29, 0.717) is 22.2 Å². The maximum Gasteiger partial charge on any atom is 0.250 e. The first-order valence-electron chi connectivity index (χ1n) is 5.04. The fraction of sp³-hybridized carbons (Fsp3) is 0.167. The van der Waals surface area contributed by atoms with Gasteiger partial charge in [0.15, 0.2) is 0 Å². The Morgan fingerprint density at radius 2 is 2.06 bits per heavy atom. The van der Waals surface area contributed by atoms with Crippen molar-refractivity contribution in [3.05, 3.63) is 30.0 Å². The Bertz CT molecular complexity index is 613. The second-order valence-electron chi connectivity index (χ2n) is 3.68. The molecule has 0 saturated heterocycles. The van der Waals surface area contributed by atoms with Crippen molar-refractivity contribution in [1.29, 1.82) is 0 Å². The molecule has 2 N–H and O–H groups in total. The molecule has 1 heterocycles. The van der Waals surface area contributed by atoms with Gasteiger partial charge in [0.25, 0.3) is 5.91 Å². The fourth-order valence-corrected chi connectivity index (χ4v) is 1.79. The van der Waals surface area contributed by atoms with Crippen molar-refractivity contribution in [2.75, 3.05) is 7.11 Å². The molecule has 5 heteroatoms. The van der Waals surface area contributed by atoms with Crippen LogP contribution in [0.3, 0.4) is 0 Å². The summed E-state index contributed by atoms with van der Waals surface area (Å²) in [5.74, 6) is -0.128. The first kappa shape index (κ1) is 11.2. The standard InChI is InChI=1S/C12H12N2O3/c1-7(15)14-6-10(12(13)16)9-5-8(17-2)3-4-11(9)14/h3-6H,1-2H3,(H2,13,16). The molecule has 0 unspecified atom stereocenters. The molecule has 0 spiro atoms. The number of nitrogens with zero attached hydrogens (tertiary/aromatic N) is 1. The Morgan fingerprint density at radius 1 is 1.35 bits per heavy atom. The van der Waals surface area contributed by atoms with E-state index in [1.807, 2.05) is 0 Å². The number of amides is 1. The molecule has 1 amide bonds. The SMILES string of the molecule is COc1ccc2c(c1)c(C(N)=O)cn2C(C)=O. The summed E-state index contributed by atoms with van der Waals surface area (Å²) in [5, 5.41) is 0.618. The number of hydrogen-bond acceptors (Lipinski definition) is 3. The molecule has 0 saturated carbocycles. The zero-order valence-electron chi connectivity index (χ0n) is 9.56. The summed E-state index contributed by atoms with van der Waals surface area (Å²) in [6.07, 6.45) is 1.45. The van der Waals surface area contributed by atoms with E-state index in [1.165, 1.54) is 24.8 Å². The van der Waals surface area contributed by atoms with E-state index in [4.69, 9.17) is 10.5 Å². The first-order valence-corrected chi connectivity index (χ1v) is 5.04. The summed E-state index contributed by atoms with van der Waals surface area (Å²) in [5.41, 5.74) is 6.24. The van der Waals surface area contributed by atoms with Crippen molar-refractivity contribution in [3.63, 3.8) is 0 Å². The van der Waals surface area contributed by atoms with Crippen LogP contribution in [0.25, 0.3) is 10.9 Å². The average molecular weight is 232 g/mol. The van der Waals surface area contributed by atoms with Gasteiger partial charge in [0.1, 0.15) is 5.75 Å². The normalized spacial score (nSPS) is 10.5.